The van der Waals surface area contributed by atoms with E-state index < -0.39 is 4.92 Å². The lowest BCUT2D eigenvalue weighted by Crippen LogP contribution is -1.96. The lowest BCUT2D eigenvalue weighted by molar-refractivity contribution is -0.382. The molecule has 2 aromatic rings. The van der Waals surface area contributed by atoms with E-state index in [0.717, 1.165) is 0 Å². The number of aromatic amines is 1. The minimum atomic E-state index is -0.571. The molecule has 72 valence electrons. The summed E-state index contributed by atoms with van der Waals surface area (Å²) in [6.45, 7) is 0. The topological polar surface area (TPSA) is 124 Å². The summed E-state index contributed by atoms with van der Waals surface area (Å²) in [5.41, 5.74) is 11.4. The highest BCUT2D eigenvalue weighted by molar-refractivity contribution is 5.91. The summed E-state index contributed by atoms with van der Waals surface area (Å²) in [5, 5.41) is 10.7. The Kier molecular flexibility index (Phi) is 1.53. The number of imidazole rings is 1. The number of aromatic nitrogens is 2. The molecule has 0 bridgehead atoms. The summed E-state index contributed by atoms with van der Waals surface area (Å²) in [7, 11) is 0. The van der Waals surface area contributed by atoms with Gasteiger partial charge in [-0.2, -0.15) is 0 Å². The van der Waals surface area contributed by atoms with E-state index in [1.165, 1.54) is 6.07 Å². The van der Waals surface area contributed by atoms with Crippen LogP contribution in [0.5, 0.6) is 0 Å². The predicted molar refractivity (Wildman–Crippen MR) is 51.6 cm³/mol. The highest BCUT2D eigenvalue weighted by atomic mass is 16.6. The molecule has 0 aliphatic carbocycles. The van der Waals surface area contributed by atoms with Gasteiger partial charge in [0.15, 0.2) is 11.5 Å². The molecule has 0 fully saturated rings. The van der Waals surface area contributed by atoms with Crippen LogP contribution in [0, 0.1) is 10.1 Å². The van der Waals surface area contributed by atoms with Crippen LogP contribution in [-0.2, 0) is 0 Å². The number of nitrogens with zero attached hydrogens (tertiary/aromatic N) is 2. The summed E-state index contributed by atoms with van der Waals surface area (Å²) in [6, 6.07) is 3.04. The molecule has 0 saturated carbocycles. The number of hydrogen-bond acceptors (Lipinski definition) is 5. The number of nitro groups is 1. The molecule has 7 nitrogen and oxygen atoms in total. The number of H-pyrrole nitrogens is 1. The summed E-state index contributed by atoms with van der Waals surface area (Å²) >= 11 is 0. The Bertz CT molecular complexity index is 518. The van der Waals surface area contributed by atoms with E-state index in [9.17, 15) is 10.1 Å². The average molecular weight is 193 g/mol. The molecule has 0 aliphatic rings. The Balaban J connectivity index is 2.88. The number of nitrogens with one attached hydrogen (secondary N) is 1. The maximum Gasteiger partial charge on any atom is 0.319 e. The average Bonchev–Trinajstić information content (AvgIpc) is 2.43. The molecular weight excluding hydrogens is 186 g/mol. The van der Waals surface area contributed by atoms with Crippen LogP contribution in [0.25, 0.3) is 11.0 Å². The van der Waals surface area contributed by atoms with Gasteiger partial charge in [-0.3, -0.25) is 10.1 Å². The number of anilines is 2. The largest absolute Gasteiger partial charge is 0.393 e. The Morgan fingerprint density at radius 3 is 2.79 bits per heavy atom. The van der Waals surface area contributed by atoms with Gasteiger partial charge in [-0.25, -0.2) is 4.98 Å². The number of rotatable bonds is 1. The molecule has 1 heterocycles. The van der Waals surface area contributed by atoms with E-state index in [1.54, 1.807) is 6.07 Å². The van der Waals surface area contributed by atoms with Gasteiger partial charge in [0.25, 0.3) is 0 Å². The van der Waals surface area contributed by atoms with Crippen LogP contribution in [0.3, 0.4) is 0 Å². The van der Waals surface area contributed by atoms with Crippen LogP contribution in [0.1, 0.15) is 0 Å². The molecule has 0 aliphatic heterocycles. The molecule has 1 aromatic heterocycles. The van der Waals surface area contributed by atoms with Crippen molar-refractivity contribution in [3.05, 3.63) is 22.2 Å². The highest BCUT2D eigenvalue weighted by Gasteiger charge is 2.19. The number of benzene rings is 1. The summed E-state index contributed by atoms with van der Waals surface area (Å²) in [5.74, 6) is 0.133. The number of nitrogens with two attached hydrogens (primary N) is 2. The lowest BCUT2D eigenvalue weighted by Gasteiger charge is -1.95. The van der Waals surface area contributed by atoms with Crippen molar-refractivity contribution in [2.24, 2.45) is 0 Å². The second kappa shape index (κ2) is 2.59. The van der Waals surface area contributed by atoms with Gasteiger partial charge >= 0.3 is 5.69 Å². The Morgan fingerprint density at radius 1 is 1.43 bits per heavy atom. The van der Waals surface area contributed by atoms with E-state index >= 15 is 0 Å². The maximum absolute atomic E-state index is 10.7. The summed E-state index contributed by atoms with van der Waals surface area (Å²) in [6.07, 6.45) is 0. The smallest absolute Gasteiger partial charge is 0.319 e. The van der Waals surface area contributed by atoms with Crippen molar-refractivity contribution in [1.82, 2.24) is 9.97 Å². The normalized spacial score (nSPS) is 10.6. The first-order valence-electron chi connectivity index (χ1n) is 3.77. The molecule has 0 atom stereocenters. The SMILES string of the molecule is Nc1nc2c([N+](=O)[O-])c(N)ccc2[nH]1. The minimum absolute atomic E-state index is 0.0778. The van der Waals surface area contributed by atoms with Gasteiger partial charge < -0.3 is 16.5 Å². The monoisotopic (exact) mass is 193 g/mol. The fraction of sp³-hybridized carbons (Fsp3) is 0. The predicted octanol–water partition coefficient (Wildman–Crippen LogP) is 0.635. The van der Waals surface area contributed by atoms with Crippen molar-refractivity contribution in [2.45, 2.75) is 0 Å². The van der Waals surface area contributed by atoms with Crippen LogP contribution in [0.2, 0.25) is 0 Å². The number of nitro benzene ring substituents is 1. The molecule has 0 amide bonds. The Morgan fingerprint density at radius 2 is 2.14 bits per heavy atom. The molecule has 5 N–H and O–H groups in total. The fourth-order valence-electron chi connectivity index (χ4n) is 1.29. The van der Waals surface area contributed by atoms with Gasteiger partial charge in [0, 0.05) is 0 Å². The van der Waals surface area contributed by atoms with Crippen molar-refractivity contribution >= 4 is 28.4 Å². The zero-order valence-corrected chi connectivity index (χ0v) is 7.02. The van der Waals surface area contributed by atoms with E-state index in [2.05, 4.69) is 9.97 Å². The number of nitrogen functional groups attached to an aromatic ring is 2. The van der Waals surface area contributed by atoms with E-state index in [-0.39, 0.29) is 22.8 Å². The van der Waals surface area contributed by atoms with Crippen molar-refractivity contribution in [3.8, 4) is 0 Å². The van der Waals surface area contributed by atoms with Gasteiger partial charge in [0.1, 0.15) is 5.69 Å². The molecule has 1 aromatic carbocycles. The van der Waals surface area contributed by atoms with Crippen molar-refractivity contribution in [1.29, 1.82) is 0 Å². The third kappa shape index (κ3) is 1.03. The summed E-state index contributed by atoms with van der Waals surface area (Å²) < 4.78 is 0. The molecule has 2 rings (SSSR count). The standard InChI is InChI=1S/C7H7N5O2/c8-3-1-2-4-5(6(3)12(13)14)11-7(9)10-4/h1-2H,8H2,(H3,9,10,11). The molecule has 0 saturated heterocycles. The molecular formula is C7H7N5O2. The third-order valence-corrected chi connectivity index (χ3v) is 1.86. The van der Waals surface area contributed by atoms with Gasteiger partial charge in [-0.15, -0.1) is 0 Å². The van der Waals surface area contributed by atoms with E-state index in [1.807, 2.05) is 0 Å². The van der Waals surface area contributed by atoms with Crippen LogP contribution < -0.4 is 11.5 Å². The van der Waals surface area contributed by atoms with E-state index in [4.69, 9.17) is 11.5 Å². The second-order valence-electron chi connectivity index (χ2n) is 2.78. The van der Waals surface area contributed by atoms with Crippen LogP contribution in [0.4, 0.5) is 17.3 Å². The zero-order chi connectivity index (χ0) is 10.3. The summed E-state index contributed by atoms with van der Waals surface area (Å²) in [4.78, 5) is 16.6. The minimum Gasteiger partial charge on any atom is -0.393 e. The van der Waals surface area contributed by atoms with E-state index in [0.29, 0.717) is 5.52 Å². The van der Waals surface area contributed by atoms with Crippen LogP contribution >= 0.6 is 0 Å². The van der Waals surface area contributed by atoms with Crippen LogP contribution in [0.15, 0.2) is 12.1 Å². The zero-order valence-electron chi connectivity index (χ0n) is 7.02. The first-order chi connectivity index (χ1) is 6.59. The quantitative estimate of drug-likeness (QED) is 0.348. The van der Waals surface area contributed by atoms with Crippen LogP contribution in [-0.4, -0.2) is 14.9 Å². The van der Waals surface area contributed by atoms with Gasteiger partial charge in [0.2, 0.25) is 0 Å². The first-order valence-corrected chi connectivity index (χ1v) is 3.77. The molecule has 0 spiro atoms. The second-order valence-corrected chi connectivity index (χ2v) is 2.78. The Labute approximate surface area is 77.9 Å². The number of hydrogen-bond donors (Lipinski definition) is 3. The Hall–Kier alpha value is -2.31. The van der Waals surface area contributed by atoms with Crippen molar-refractivity contribution < 1.29 is 4.92 Å². The molecule has 14 heavy (non-hydrogen) atoms. The van der Waals surface area contributed by atoms with Gasteiger partial charge in [-0.05, 0) is 12.1 Å². The maximum atomic E-state index is 10.7. The molecule has 7 heteroatoms. The van der Waals surface area contributed by atoms with Gasteiger partial charge in [0.05, 0.1) is 10.4 Å². The highest BCUT2D eigenvalue weighted by Crippen LogP contribution is 2.29. The van der Waals surface area contributed by atoms with Gasteiger partial charge in [-0.1, -0.05) is 0 Å². The number of fused-ring (bicyclic) bond motifs is 1. The molecule has 0 unspecified atom stereocenters. The third-order valence-electron chi connectivity index (χ3n) is 1.86. The first kappa shape index (κ1) is 8.30. The molecule has 0 radical (unpaired) electrons. The van der Waals surface area contributed by atoms with Crippen molar-refractivity contribution in [2.75, 3.05) is 11.5 Å². The fourth-order valence-corrected chi connectivity index (χ4v) is 1.29. The lowest BCUT2D eigenvalue weighted by atomic mass is 10.2. The van der Waals surface area contributed by atoms with Crippen molar-refractivity contribution in [3.63, 3.8) is 0 Å².